The fraction of sp³-hybridized carbons (Fsp3) is 0.615. The van der Waals surface area contributed by atoms with Gasteiger partial charge in [-0.3, -0.25) is 4.98 Å². The molecule has 19 heavy (non-hydrogen) atoms. The van der Waals surface area contributed by atoms with E-state index in [1.54, 1.807) is 0 Å². The lowest BCUT2D eigenvalue weighted by Crippen LogP contribution is -2.34. The molecule has 0 amide bonds. The number of nitrogens with one attached hydrogen (secondary N) is 1. The van der Waals surface area contributed by atoms with Crippen LogP contribution in [-0.2, 0) is 17.5 Å². The van der Waals surface area contributed by atoms with Gasteiger partial charge in [0.15, 0.2) is 0 Å². The molecular weight excluding hydrogens is 257 g/mol. The van der Waals surface area contributed by atoms with E-state index in [9.17, 15) is 13.2 Å². The first kappa shape index (κ1) is 14.3. The Morgan fingerprint density at radius 2 is 2.32 bits per heavy atom. The Morgan fingerprint density at radius 1 is 1.53 bits per heavy atom. The average molecular weight is 274 g/mol. The lowest BCUT2D eigenvalue weighted by atomic mass is 10.0. The lowest BCUT2D eigenvalue weighted by molar-refractivity contribution is -0.138. The predicted molar refractivity (Wildman–Crippen MR) is 64.5 cm³/mol. The van der Waals surface area contributed by atoms with Crippen molar-refractivity contribution < 1.29 is 17.9 Å². The van der Waals surface area contributed by atoms with Crippen LogP contribution in [0.4, 0.5) is 13.2 Å². The smallest absolute Gasteiger partial charge is 0.381 e. The van der Waals surface area contributed by atoms with Crippen LogP contribution in [-0.4, -0.2) is 24.2 Å². The molecule has 0 bridgehead atoms. The highest BCUT2D eigenvalue weighted by Crippen LogP contribution is 2.31. The molecule has 1 aliphatic heterocycles. The summed E-state index contributed by atoms with van der Waals surface area (Å²) >= 11 is 0. The summed E-state index contributed by atoms with van der Waals surface area (Å²) in [5, 5.41) is 3.11. The summed E-state index contributed by atoms with van der Waals surface area (Å²) < 4.78 is 43.6. The van der Waals surface area contributed by atoms with E-state index in [1.165, 1.54) is 12.3 Å². The number of pyridine rings is 1. The Bertz CT molecular complexity index is 417. The molecule has 2 heterocycles. The Balaban J connectivity index is 1.99. The minimum absolute atomic E-state index is 0.0424. The number of alkyl halides is 3. The van der Waals surface area contributed by atoms with E-state index >= 15 is 0 Å². The van der Waals surface area contributed by atoms with E-state index in [1.807, 2.05) is 6.92 Å². The summed E-state index contributed by atoms with van der Waals surface area (Å²) in [4.78, 5) is 3.83. The van der Waals surface area contributed by atoms with Gasteiger partial charge in [-0.05, 0) is 31.4 Å². The molecule has 1 saturated heterocycles. The van der Waals surface area contributed by atoms with Gasteiger partial charge in [-0.1, -0.05) is 0 Å². The minimum atomic E-state index is -4.36. The van der Waals surface area contributed by atoms with E-state index in [4.69, 9.17) is 4.74 Å². The molecule has 1 fully saturated rings. The maximum Gasteiger partial charge on any atom is 0.418 e. The van der Waals surface area contributed by atoms with Crippen molar-refractivity contribution in [3.8, 4) is 0 Å². The van der Waals surface area contributed by atoms with Crippen LogP contribution in [0.5, 0.6) is 0 Å². The van der Waals surface area contributed by atoms with Crippen LogP contribution in [0.3, 0.4) is 0 Å². The maximum atomic E-state index is 12.8. The third-order valence-electron chi connectivity index (χ3n) is 3.46. The van der Waals surface area contributed by atoms with E-state index in [0.717, 1.165) is 19.1 Å². The zero-order chi connectivity index (χ0) is 13.9. The third kappa shape index (κ3) is 3.67. The second kappa shape index (κ2) is 5.88. The van der Waals surface area contributed by atoms with Gasteiger partial charge in [0, 0.05) is 25.4 Å². The van der Waals surface area contributed by atoms with Crippen LogP contribution in [0.15, 0.2) is 18.3 Å². The maximum absolute atomic E-state index is 12.8. The number of ether oxygens (including phenoxy) is 1. The van der Waals surface area contributed by atoms with Crippen LogP contribution in [0, 0.1) is 5.92 Å². The summed E-state index contributed by atoms with van der Waals surface area (Å²) in [6.07, 6.45) is -2.02. The van der Waals surface area contributed by atoms with Crippen molar-refractivity contribution in [1.29, 1.82) is 0 Å². The minimum Gasteiger partial charge on any atom is -0.381 e. The molecule has 0 saturated carbocycles. The highest BCUT2D eigenvalue weighted by atomic mass is 19.4. The third-order valence-corrected chi connectivity index (χ3v) is 3.46. The molecule has 1 aromatic rings. The summed E-state index contributed by atoms with van der Waals surface area (Å²) in [6, 6.07) is 2.49. The van der Waals surface area contributed by atoms with Crippen LogP contribution >= 0.6 is 0 Å². The molecule has 1 aromatic heterocycles. The molecule has 0 spiro atoms. The van der Waals surface area contributed by atoms with Gasteiger partial charge < -0.3 is 10.1 Å². The van der Waals surface area contributed by atoms with Crippen LogP contribution in [0.25, 0.3) is 0 Å². The normalized spacial score (nSPS) is 21.6. The molecule has 0 radical (unpaired) electrons. The van der Waals surface area contributed by atoms with Crippen molar-refractivity contribution >= 4 is 0 Å². The van der Waals surface area contributed by atoms with Gasteiger partial charge in [0.2, 0.25) is 0 Å². The van der Waals surface area contributed by atoms with Gasteiger partial charge in [-0.15, -0.1) is 0 Å². The van der Waals surface area contributed by atoms with E-state index in [2.05, 4.69) is 10.3 Å². The summed E-state index contributed by atoms with van der Waals surface area (Å²) in [5.41, 5.74) is -0.627. The molecule has 0 aliphatic carbocycles. The number of hydrogen-bond acceptors (Lipinski definition) is 3. The van der Waals surface area contributed by atoms with Crippen molar-refractivity contribution in [1.82, 2.24) is 10.3 Å². The molecule has 2 rings (SSSR count). The molecule has 0 aromatic carbocycles. The Hall–Kier alpha value is -1.14. The van der Waals surface area contributed by atoms with Gasteiger partial charge in [0.25, 0.3) is 0 Å². The topological polar surface area (TPSA) is 34.2 Å². The SMILES string of the molecule is C[C@H](NCc1ncccc1C(F)(F)F)[C@H]1CCOC1. The lowest BCUT2D eigenvalue weighted by Gasteiger charge is -2.20. The van der Waals surface area contributed by atoms with E-state index < -0.39 is 11.7 Å². The first-order valence-corrected chi connectivity index (χ1v) is 6.30. The summed E-state index contributed by atoms with van der Waals surface area (Å²) in [6.45, 7) is 3.49. The number of aromatic nitrogens is 1. The Kier molecular flexibility index (Phi) is 4.42. The number of rotatable bonds is 4. The molecule has 0 unspecified atom stereocenters. The average Bonchev–Trinajstić information content (AvgIpc) is 2.89. The number of hydrogen-bond donors (Lipinski definition) is 1. The predicted octanol–water partition coefficient (Wildman–Crippen LogP) is 2.62. The fourth-order valence-corrected chi connectivity index (χ4v) is 2.21. The van der Waals surface area contributed by atoms with Crippen molar-refractivity contribution in [3.63, 3.8) is 0 Å². The first-order valence-electron chi connectivity index (χ1n) is 6.30. The number of nitrogens with zero attached hydrogens (tertiary/aromatic N) is 1. The van der Waals surface area contributed by atoms with E-state index in [0.29, 0.717) is 12.5 Å². The van der Waals surface area contributed by atoms with Gasteiger partial charge in [-0.2, -0.15) is 13.2 Å². The second-order valence-electron chi connectivity index (χ2n) is 4.79. The zero-order valence-electron chi connectivity index (χ0n) is 10.7. The zero-order valence-corrected chi connectivity index (χ0v) is 10.7. The van der Waals surface area contributed by atoms with Gasteiger partial charge in [-0.25, -0.2) is 0 Å². The highest BCUT2D eigenvalue weighted by Gasteiger charge is 2.33. The monoisotopic (exact) mass is 274 g/mol. The number of halogens is 3. The first-order chi connectivity index (χ1) is 8.98. The molecule has 2 atom stereocenters. The summed E-state index contributed by atoms with van der Waals surface area (Å²) in [7, 11) is 0. The molecular formula is C13H17F3N2O. The fourth-order valence-electron chi connectivity index (χ4n) is 2.21. The largest absolute Gasteiger partial charge is 0.418 e. The Morgan fingerprint density at radius 3 is 2.95 bits per heavy atom. The second-order valence-corrected chi connectivity index (χ2v) is 4.79. The van der Waals surface area contributed by atoms with Crippen molar-refractivity contribution in [3.05, 3.63) is 29.6 Å². The standard InChI is InChI=1S/C13H17F3N2O/c1-9(10-4-6-19-8-10)18-7-12-11(13(14,15)16)3-2-5-17-12/h2-3,5,9-10,18H,4,6-8H2,1H3/t9-,10-/m0/s1. The van der Waals surface area contributed by atoms with Crippen LogP contribution < -0.4 is 5.32 Å². The van der Waals surface area contributed by atoms with Gasteiger partial charge >= 0.3 is 6.18 Å². The van der Waals surface area contributed by atoms with Crippen LogP contribution in [0.1, 0.15) is 24.6 Å². The molecule has 6 heteroatoms. The molecule has 106 valence electrons. The van der Waals surface area contributed by atoms with E-state index in [-0.39, 0.29) is 18.3 Å². The molecule has 1 N–H and O–H groups in total. The van der Waals surface area contributed by atoms with Crippen LogP contribution in [0.2, 0.25) is 0 Å². The van der Waals surface area contributed by atoms with Crippen molar-refractivity contribution in [2.24, 2.45) is 5.92 Å². The van der Waals surface area contributed by atoms with Gasteiger partial charge in [0.05, 0.1) is 17.9 Å². The quantitative estimate of drug-likeness (QED) is 0.916. The molecule has 1 aliphatic rings. The van der Waals surface area contributed by atoms with Crippen molar-refractivity contribution in [2.45, 2.75) is 32.1 Å². The highest BCUT2D eigenvalue weighted by molar-refractivity contribution is 5.22. The summed E-state index contributed by atoms with van der Waals surface area (Å²) in [5.74, 6) is 0.359. The van der Waals surface area contributed by atoms with Gasteiger partial charge in [0.1, 0.15) is 0 Å². The molecule has 3 nitrogen and oxygen atoms in total. The van der Waals surface area contributed by atoms with Crippen molar-refractivity contribution in [2.75, 3.05) is 13.2 Å². The Labute approximate surface area is 110 Å².